The number of benzene rings is 2. The minimum Gasteiger partial charge on any atom is -0.206 e. The zero-order chi connectivity index (χ0) is 21.0. The Morgan fingerprint density at radius 1 is 0.862 bits per heavy atom. The molecule has 158 valence electrons. The van der Waals surface area contributed by atoms with Gasteiger partial charge in [0.2, 0.25) is 0 Å². The monoisotopic (exact) mass is 426 g/mol. The third kappa shape index (κ3) is 5.75. The highest BCUT2D eigenvalue weighted by Gasteiger charge is 2.35. The van der Waals surface area contributed by atoms with Gasteiger partial charge in [-0.15, -0.1) is 0 Å². The van der Waals surface area contributed by atoms with Crippen molar-refractivity contribution < 1.29 is 17.6 Å². The van der Waals surface area contributed by atoms with Crippen LogP contribution < -0.4 is 0 Å². The quantitative estimate of drug-likeness (QED) is 0.307. The molecule has 0 unspecified atom stereocenters. The number of aryl methyl sites for hydroxylation is 1. The van der Waals surface area contributed by atoms with Crippen LogP contribution in [0.3, 0.4) is 0 Å². The van der Waals surface area contributed by atoms with E-state index in [-0.39, 0.29) is 5.56 Å². The Kier molecular flexibility index (Phi) is 7.26. The van der Waals surface area contributed by atoms with E-state index in [1.165, 1.54) is 44.1 Å². The van der Waals surface area contributed by atoms with Crippen molar-refractivity contribution in [3.63, 3.8) is 0 Å². The molecule has 29 heavy (non-hydrogen) atoms. The van der Waals surface area contributed by atoms with Crippen molar-refractivity contribution in [1.82, 2.24) is 0 Å². The molecule has 0 bridgehead atoms. The van der Waals surface area contributed by atoms with Crippen LogP contribution in [0.4, 0.5) is 17.6 Å². The molecule has 0 radical (unpaired) electrons. The molecule has 0 nitrogen and oxygen atoms in total. The van der Waals surface area contributed by atoms with E-state index in [4.69, 9.17) is 11.6 Å². The summed E-state index contributed by atoms with van der Waals surface area (Å²) in [7, 11) is 0. The smallest absolute Gasteiger partial charge is 0.206 e. The van der Waals surface area contributed by atoms with E-state index in [1.807, 2.05) is 12.1 Å². The van der Waals surface area contributed by atoms with E-state index >= 15 is 0 Å². The molecule has 0 atom stereocenters. The van der Waals surface area contributed by atoms with E-state index < -0.39 is 22.6 Å². The van der Waals surface area contributed by atoms with Gasteiger partial charge in [0.1, 0.15) is 17.2 Å². The van der Waals surface area contributed by atoms with Gasteiger partial charge in [0.15, 0.2) is 0 Å². The molecule has 1 aliphatic carbocycles. The van der Waals surface area contributed by atoms with Crippen LogP contribution in [0.1, 0.15) is 63.0 Å². The molecule has 0 aliphatic heterocycles. The normalized spacial score (nSPS) is 20.1. The maximum atomic E-state index is 14.0. The summed E-state index contributed by atoms with van der Waals surface area (Å²) in [5.41, 5.74) is 0.559. The molecule has 1 fully saturated rings. The van der Waals surface area contributed by atoms with Crippen molar-refractivity contribution in [3.8, 4) is 11.1 Å². The molecule has 3 rings (SSSR count). The van der Waals surface area contributed by atoms with Crippen molar-refractivity contribution in [2.45, 2.75) is 63.7 Å². The fraction of sp³-hybridized carbons (Fsp3) is 0.500. The molecule has 0 spiro atoms. The fourth-order valence-electron chi connectivity index (χ4n) is 4.46. The van der Waals surface area contributed by atoms with Crippen LogP contribution in [0.2, 0.25) is 0 Å². The van der Waals surface area contributed by atoms with Gasteiger partial charge in [-0.1, -0.05) is 69.7 Å². The van der Waals surface area contributed by atoms with Gasteiger partial charge < -0.3 is 0 Å². The maximum absolute atomic E-state index is 14.0. The predicted octanol–water partition coefficient (Wildman–Crippen LogP) is 8.46. The highest BCUT2D eigenvalue weighted by atomic mass is 35.5. The number of hydrogen-bond acceptors (Lipinski definition) is 0. The summed E-state index contributed by atoms with van der Waals surface area (Å²) in [5.74, 6) is -1.01. The molecule has 1 saturated carbocycles. The average Bonchev–Trinajstić information content (AvgIpc) is 2.66. The third-order valence-electron chi connectivity index (χ3n) is 6.12. The SMILES string of the molecule is CCCC1CCC(CCc2ccc(-c3cc(F)c(C(F)(F)Cl)c(F)c3)cc2)CC1. The van der Waals surface area contributed by atoms with Crippen molar-refractivity contribution >= 4 is 11.6 Å². The lowest BCUT2D eigenvalue weighted by atomic mass is 9.78. The Morgan fingerprint density at radius 2 is 1.38 bits per heavy atom. The summed E-state index contributed by atoms with van der Waals surface area (Å²) in [6.07, 6.45) is 10.0. The summed E-state index contributed by atoms with van der Waals surface area (Å²) in [5, 5.41) is -4.08. The van der Waals surface area contributed by atoms with Gasteiger partial charge in [-0.05, 0) is 65.1 Å². The number of hydrogen-bond donors (Lipinski definition) is 0. The van der Waals surface area contributed by atoms with Crippen LogP contribution in [0.5, 0.6) is 0 Å². The van der Waals surface area contributed by atoms with Gasteiger partial charge in [0.25, 0.3) is 0 Å². The molecule has 1 aliphatic rings. The molecule has 0 N–H and O–H groups in total. The molecular formula is C24H27ClF4. The Hall–Kier alpha value is -1.55. The minimum atomic E-state index is -4.08. The average molecular weight is 427 g/mol. The second-order valence-corrected chi connectivity index (χ2v) is 8.70. The van der Waals surface area contributed by atoms with Crippen molar-refractivity contribution in [3.05, 3.63) is 59.2 Å². The van der Waals surface area contributed by atoms with Crippen molar-refractivity contribution in [1.29, 1.82) is 0 Å². The van der Waals surface area contributed by atoms with Gasteiger partial charge in [-0.25, -0.2) is 8.78 Å². The molecule has 2 aromatic carbocycles. The summed E-state index contributed by atoms with van der Waals surface area (Å²) in [6, 6.07) is 9.24. The molecule has 0 aromatic heterocycles. The molecule has 0 amide bonds. The van der Waals surface area contributed by atoms with E-state index in [0.717, 1.165) is 36.8 Å². The van der Waals surface area contributed by atoms with Crippen LogP contribution in [0.15, 0.2) is 36.4 Å². The molecule has 2 aromatic rings. The van der Waals surface area contributed by atoms with Crippen LogP contribution in [-0.4, -0.2) is 0 Å². The molecule has 0 saturated heterocycles. The Balaban J connectivity index is 1.61. The summed E-state index contributed by atoms with van der Waals surface area (Å²) < 4.78 is 54.2. The topological polar surface area (TPSA) is 0 Å². The number of alkyl halides is 3. The fourth-order valence-corrected chi connectivity index (χ4v) is 4.64. The second-order valence-electron chi connectivity index (χ2n) is 8.22. The first-order chi connectivity index (χ1) is 13.8. The lowest BCUT2D eigenvalue weighted by molar-refractivity contribution is 0.0859. The van der Waals surface area contributed by atoms with Crippen LogP contribution >= 0.6 is 11.6 Å². The van der Waals surface area contributed by atoms with Crippen molar-refractivity contribution in [2.24, 2.45) is 11.8 Å². The van der Waals surface area contributed by atoms with Crippen molar-refractivity contribution in [2.75, 3.05) is 0 Å². The highest BCUT2D eigenvalue weighted by molar-refractivity contribution is 6.21. The molecular weight excluding hydrogens is 400 g/mol. The molecule has 5 heteroatoms. The first kappa shape index (κ1) is 22.1. The maximum Gasteiger partial charge on any atom is 0.353 e. The number of halogens is 5. The van der Waals surface area contributed by atoms with Crippen LogP contribution in [-0.2, 0) is 11.8 Å². The molecule has 0 heterocycles. The van der Waals surface area contributed by atoms with E-state index in [0.29, 0.717) is 5.56 Å². The largest absolute Gasteiger partial charge is 0.353 e. The van der Waals surface area contributed by atoms with E-state index in [9.17, 15) is 17.6 Å². The lowest BCUT2D eigenvalue weighted by Gasteiger charge is -2.28. The lowest BCUT2D eigenvalue weighted by Crippen LogP contribution is -2.15. The van der Waals surface area contributed by atoms with Gasteiger partial charge in [0.05, 0.1) is 0 Å². The standard InChI is InChI=1S/C24H27ClF4/c1-2-3-16-4-6-17(7-5-16)8-9-18-10-12-19(13-11-18)20-14-21(26)23(22(27)15-20)24(25,28)29/h10-17H,2-9H2,1H3. The Labute approximate surface area is 175 Å². The minimum absolute atomic E-state index is 0.213. The highest BCUT2D eigenvalue weighted by Crippen LogP contribution is 2.38. The third-order valence-corrected chi connectivity index (χ3v) is 6.31. The van der Waals surface area contributed by atoms with E-state index in [1.54, 1.807) is 12.1 Å². The Morgan fingerprint density at radius 3 is 1.86 bits per heavy atom. The van der Waals surface area contributed by atoms with E-state index in [2.05, 4.69) is 6.92 Å². The predicted molar refractivity (Wildman–Crippen MR) is 110 cm³/mol. The van der Waals surface area contributed by atoms with Crippen LogP contribution in [0.25, 0.3) is 11.1 Å². The number of rotatable bonds is 7. The summed E-state index contributed by atoms with van der Waals surface area (Å²) in [6.45, 7) is 2.25. The first-order valence-corrected chi connectivity index (χ1v) is 10.8. The van der Waals surface area contributed by atoms with Gasteiger partial charge in [-0.2, -0.15) is 8.78 Å². The first-order valence-electron chi connectivity index (χ1n) is 10.4. The van der Waals surface area contributed by atoms with Gasteiger partial charge in [0, 0.05) is 0 Å². The van der Waals surface area contributed by atoms with Gasteiger partial charge >= 0.3 is 5.38 Å². The zero-order valence-electron chi connectivity index (χ0n) is 16.7. The van der Waals surface area contributed by atoms with Crippen LogP contribution in [0, 0.1) is 23.5 Å². The van der Waals surface area contributed by atoms with Gasteiger partial charge in [-0.3, -0.25) is 0 Å². The zero-order valence-corrected chi connectivity index (χ0v) is 17.4. The summed E-state index contributed by atoms with van der Waals surface area (Å²) in [4.78, 5) is 0. The second kappa shape index (κ2) is 9.51. The Bertz CT molecular complexity index is 780. The summed E-state index contributed by atoms with van der Waals surface area (Å²) >= 11 is 4.80.